The van der Waals surface area contributed by atoms with Gasteiger partial charge < -0.3 is 20.1 Å². The quantitative estimate of drug-likeness (QED) is 0.112. The third kappa shape index (κ3) is 7.14. The highest BCUT2D eigenvalue weighted by Crippen LogP contribution is 2.27. The smallest absolute Gasteiger partial charge is 0.338 e. The maximum atomic E-state index is 12.6. The number of nitrogens with one attached hydrogen (secondary N) is 2. The Bertz CT molecular complexity index is 1490. The molecule has 0 fully saturated rings. The van der Waals surface area contributed by atoms with E-state index in [1.54, 1.807) is 55.0 Å². The highest BCUT2D eigenvalue weighted by atomic mass is 32.2. The van der Waals surface area contributed by atoms with E-state index in [4.69, 9.17) is 9.47 Å². The second kappa shape index (κ2) is 13.2. The minimum absolute atomic E-state index is 0.0243. The lowest BCUT2D eigenvalue weighted by atomic mass is 10.2. The topological polar surface area (TPSA) is 151 Å². The van der Waals surface area contributed by atoms with Gasteiger partial charge in [-0.15, -0.1) is 10.2 Å². The van der Waals surface area contributed by atoms with Crippen molar-refractivity contribution in [3.8, 4) is 11.4 Å². The van der Waals surface area contributed by atoms with Gasteiger partial charge >= 0.3 is 12.0 Å². The van der Waals surface area contributed by atoms with Crippen LogP contribution in [0, 0.1) is 10.1 Å². The Kier molecular flexibility index (Phi) is 9.31. The second-order valence-electron chi connectivity index (χ2n) is 8.25. The predicted octanol–water partition coefficient (Wildman–Crippen LogP) is 4.97. The zero-order chi connectivity index (χ0) is 28.5. The molecular weight excluding hydrogens is 536 g/mol. The maximum absolute atomic E-state index is 12.6. The third-order valence-electron chi connectivity index (χ3n) is 5.58. The van der Waals surface area contributed by atoms with E-state index < -0.39 is 16.9 Å². The number of anilines is 1. The predicted molar refractivity (Wildman–Crippen MR) is 149 cm³/mol. The second-order valence-corrected chi connectivity index (χ2v) is 9.20. The Balaban J connectivity index is 1.49. The fourth-order valence-electron chi connectivity index (χ4n) is 3.64. The number of nitro groups is 1. The van der Waals surface area contributed by atoms with E-state index in [-0.39, 0.29) is 18.8 Å². The van der Waals surface area contributed by atoms with Crippen LogP contribution in [0.4, 0.5) is 16.2 Å². The van der Waals surface area contributed by atoms with E-state index in [1.807, 2.05) is 24.3 Å². The lowest BCUT2D eigenvalue weighted by Crippen LogP contribution is -2.29. The molecule has 13 heteroatoms. The van der Waals surface area contributed by atoms with Crippen LogP contribution in [0.2, 0.25) is 0 Å². The molecule has 0 saturated heterocycles. The first kappa shape index (κ1) is 28.1. The molecule has 1 aromatic heterocycles. The van der Waals surface area contributed by atoms with Crippen LogP contribution >= 0.6 is 11.8 Å². The maximum Gasteiger partial charge on any atom is 0.338 e. The van der Waals surface area contributed by atoms with Crippen molar-refractivity contribution in [3.63, 3.8) is 0 Å². The van der Waals surface area contributed by atoms with Gasteiger partial charge in [-0.25, -0.2) is 9.59 Å². The zero-order valence-electron chi connectivity index (χ0n) is 21.7. The normalized spacial score (nSPS) is 10.6. The number of methoxy groups -OCH3 is 1. The van der Waals surface area contributed by atoms with Crippen LogP contribution < -0.4 is 15.4 Å². The first-order valence-electron chi connectivity index (χ1n) is 12.1. The molecule has 3 aromatic carbocycles. The van der Waals surface area contributed by atoms with Gasteiger partial charge in [0.05, 0.1) is 30.7 Å². The van der Waals surface area contributed by atoms with E-state index >= 15 is 0 Å². The zero-order valence-corrected chi connectivity index (χ0v) is 22.5. The SMILES string of the molecule is CCOC(=O)c1ccc(NC(=O)NCc2nnc(SCc3cccc(OC)c3)n2-c2ccc([N+](=O)[O-])cc2)cc1. The standard InChI is InChI=1S/C27H26N6O6S/c1-3-39-25(34)19-7-9-20(10-8-19)29-26(35)28-16-24-30-31-27(40-17-18-5-4-6-23(15-18)38-2)32(24)21-11-13-22(14-12-21)33(36)37/h4-15H,3,16-17H2,1-2H3,(H2,28,29,35). The Morgan fingerprint density at radius 2 is 1.80 bits per heavy atom. The van der Waals surface area contributed by atoms with Crippen molar-refractivity contribution < 1.29 is 24.0 Å². The van der Waals surface area contributed by atoms with E-state index in [2.05, 4.69) is 20.8 Å². The summed E-state index contributed by atoms with van der Waals surface area (Å²) in [5, 5.41) is 25.7. The minimum Gasteiger partial charge on any atom is -0.497 e. The highest BCUT2D eigenvalue weighted by Gasteiger charge is 2.17. The summed E-state index contributed by atoms with van der Waals surface area (Å²) in [6.07, 6.45) is 0. The number of aromatic nitrogens is 3. The summed E-state index contributed by atoms with van der Waals surface area (Å²) in [5.41, 5.74) is 2.43. The van der Waals surface area contributed by atoms with E-state index in [1.165, 1.54) is 23.9 Å². The molecule has 12 nitrogen and oxygen atoms in total. The van der Waals surface area contributed by atoms with Gasteiger partial charge in [-0.3, -0.25) is 14.7 Å². The number of nitrogens with zero attached hydrogens (tertiary/aromatic N) is 4. The number of ether oxygens (including phenoxy) is 2. The fraction of sp³-hybridized carbons (Fsp3) is 0.185. The molecule has 2 amide bonds. The number of rotatable bonds is 11. The van der Waals surface area contributed by atoms with Gasteiger partial charge in [0, 0.05) is 29.3 Å². The van der Waals surface area contributed by atoms with Crippen molar-refractivity contribution in [1.29, 1.82) is 0 Å². The first-order chi connectivity index (χ1) is 19.4. The molecule has 4 aromatic rings. The number of non-ortho nitro benzene ring substituents is 1. The highest BCUT2D eigenvalue weighted by molar-refractivity contribution is 7.98. The Labute approximate surface area is 233 Å². The van der Waals surface area contributed by atoms with E-state index in [0.717, 1.165) is 11.3 Å². The fourth-order valence-corrected chi connectivity index (χ4v) is 4.55. The number of hydrogen-bond donors (Lipinski definition) is 2. The van der Waals surface area contributed by atoms with Crippen molar-refractivity contribution in [3.05, 3.63) is 99.9 Å². The van der Waals surface area contributed by atoms with Crippen LogP contribution in [0.25, 0.3) is 5.69 Å². The number of benzene rings is 3. The third-order valence-corrected chi connectivity index (χ3v) is 6.58. The molecule has 0 saturated carbocycles. The van der Waals surface area contributed by atoms with Crippen LogP contribution in [-0.4, -0.2) is 45.4 Å². The molecule has 0 bridgehead atoms. The summed E-state index contributed by atoms with van der Waals surface area (Å²) in [4.78, 5) is 35.1. The number of amides is 2. The van der Waals surface area contributed by atoms with Crippen molar-refractivity contribution in [2.75, 3.05) is 19.0 Å². The van der Waals surface area contributed by atoms with Crippen LogP contribution in [0.1, 0.15) is 28.7 Å². The van der Waals surface area contributed by atoms with Gasteiger partial charge in [0.15, 0.2) is 11.0 Å². The van der Waals surface area contributed by atoms with Crippen LogP contribution in [0.15, 0.2) is 78.0 Å². The molecule has 206 valence electrons. The molecule has 0 aliphatic heterocycles. The average Bonchev–Trinajstić information content (AvgIpc) is 3.38. The number of esters is 1. The summed E-state index contributed by atoms with van der Waals surface area (Å²) in [6, 6.07) is 19.5. The first-order valence-corrected chi connectivity index (χ1v) is 13.1. The van der Waals surface area contributed by atoms with Crippen LogP contribution in [0.3, 0.4) is 0 Å². The van der Waals surface area contributed by atoms with Crippen molar-refractivity contribution >= 4 is 35.1 Å². The van der Waals surface area contributed by atoms with Crippen LogP contribution in [-0.2, 0) is 17.0 Å². The average molecular weight is 563 g/mol. The molecular formula is C27H26N6O6S. The van der Waals surface area contributed by atoms with Crippen LogP contribution in [0.5, 0.6) is 5.75 Å². The summed E-state index contributed by atoms with van der Waals surface area (Å²) < 4.78 is 12.0. The molecule has 1 heterocycles. The van der Waals surface area contributed by atoms with Gasteiger partial charge in [0.1, 0.15) is 5.75 Å². The summed E-state index contributed by atoms with van der Waals surface area (Å²) in [6.45, 7) is 2.02. The summed E-state index contributed by atoms with van der Waals surface area (Å²) >= 11 is 1.42. The van der Waals surface area contributed by atoms with Crippen molar-refractivity contribution in [2.45, 2.75) is 24.4 Å². The molecule has 40 heavy (non-hydrogen) atoms. The number of hydrogen-bond acceptors (Lipinski definition) is 9. The molecule has 0 spiro atoms. The number of urea groups is 1. The van der Waals surface area contributed by atoms with Gasteiger partial charge in [-0.2, -0.15) is 0 Å². The van der Waals surface area contributed by atoms with Gasteiger partial charge in [-0.05, 0) is 61.0 Å². The molecule has 2 N–H and O–H groups in total. The molecule has 4 rings (SSSR count). The lowest BCUT2D eigenvalue weighted by Gasteiger charge is -2.12. The van der Waals surface area contributed by atoms with E-state index in [0.29, 0.717) is 33.7 Å². The number of carbonyl (C=O) groups excluding carboxylic acids is 2. The van der Waals surface area contributed by atoms with Gasteiger partial charge in [0.25, 0.3) is 5.69 Å². The number of carbonyl (C=O) groups is 2. The lowest BCUT2D eigenvalue weighted by molar-refractivity contribution is -0.384. The Hall–Kier alpha value is -4.91. The number of nitro benzene ring substituents is 1. The molecule has 0 aliphatic carbocycles. The van der Waals surface area contributed by atoms with E-state index in [9.17, 15) is 19.7 Å². The summed E-state index contributed by atoms with van der Waals surface area (Å²) in [7, 11) is 1.60. The van der Waals surface area contributed by atoms with Gasteiger partial charge in [-0.1, -0.05) is 23.9 Å². The Morgan fingerprint density at radius 3 is 2.48 bits per heavy atom. The van der Waals surface area contributed by atoms with Crippen molar-refractivity contribution in [2.24, 2.45) is 0 Å². The molecule has 0 aliphatic rings. The molecule has 0 radical (unpaired) electrons. The van der Waals surface area contributed by atoms with Crippen molar-refractivity contribution in [1.82, 2.24) is 20.1 Å². The summed E-state index contributed by atoms with van der Waals surface area (Å²) in [5.74, 6) is 1.29. The number of thioether (sulfide) groups is 1. The molecule has 0 atom stereocenters. The minimum atomic E-state index is -0.493. The Morgan fingerprint density at radius 1 is 1.05 bits per heavy atom. The molecule has 0 unspecified atom stereocenters. The van der Waals surface area contributed by atoms with Gasteiger partial charge in [0.2, 0.25) is 0 Å². The monoisotopic (exact) mass is 562 g/mol. The largest absolute Gasteiger partial charge is 0.497 e.